The summed E-state index contributed by atoms with van der Waals surface area (Å²) in [6.07, 6.45) is 70.1. The number of unbranched alkanes of at least 4 members (excludes halogenated alkanes) is 1. The van der Waals surface area contributed by atoms with Crippen molar-refractivity contribution in [2.24, 2.45) is 29.2 Å². The Balaban J connectivity index is 1.92. The number of fused-ring (bicyclic) bond motifs is 1. The van der Waals surface area contributed by atoms with Crippen LogP contribution in [0.25, 0.3) is 0 Å². The molecule has 2 unspecified atom stereocenters. The molecule has 1 aliphatic carbocycles. The van der Waals surface area contributed by atoms with Gasteiger partial charge in [0.05, 0.1) is 17.5 Å². The first-order valence-electron chi connectivity index (χ1n) is 26.2. The summed E-state index contributed by atoms with van der Waals surface area (Å²) in [5.74, 6) is -2.68. The van der Waals surface area contributed by atoms with Crippen LogP contribution in [0.2, 0.25) is 0 Å². The number of nitrogens with two attached hydrogens (primary N) is 2. The lowest BCUT2D eigenvalue weighted by Crippen LogP contribution is -2.37. The van der Waals surface area contributed by atoms with Crippen LogP contribution < -0.4 is 22.1 Å². The second-order valence-electron chi connectivity index (χ2n) is 17.6. The number of amides is 3. The highest BCUT2D eigenvalue weighted by molar-refractivity contribution is 7.15. The molecule has 2 rings (SSSR count). The van der Waals surface area contributed by atoms with Gasteiger partial charge in [-0.1, -0.05) is 179 Å². The lowest BCUT2D eigenvalue weighted by Gasteiger charge is -2.23. The van der Waals surface area contributed by atoms with E-state index in [1.165, 1.54) is 16.2 Å². The number of allylic oxidation sites excluding steroid dienone is 24. The van der Waals surface area contributed by atoms with Gasteiger partial charge in [0, 0.05) is 16.8 Å². The largest absolute Gasteiger partial charge is 0.369 e. The van der Waals surface area contributed by atoms with Crippen molar-refractivity contribution < 1.29 is 14.4 Å². The van der Waals surface area contributed by atoms with Gasteiger partial charge in [-0.25, -0.2) is 4.98 Å². The molecular formula is C60H89N5O3S. The first-order chi connectivity index (χ1) is 33.8. The zero-order chi connectivity index (χ0) is 49.8. The number of aryl methyl sites for hydroxylation is 1. The Hall–Kier alpha value is -5.12. The summed E-state index contributed by atoms with van der Waals surface area (Å²) in [6, 6.07) is 0.415. The standard InChI is InChI=1S/C60H89N5O3S/c1-4-7-9-11-13-15-17-19-21-23-25-27-29-31-33-35-37-39-43-51(57(61)66)44-41-42-46-54(59(68)65-60-64-55-48-47-52(63-49-6-3)50-56(55)69-60)53(58(62)67)45-40-38-36-34-32-30-28-26-24-22-20-18-16-14-12-10-8-5-2/h7-10,13-16,19-22,25-28,31-34,37-40,51-54,63H,4-6,11-12,17-18,23-24,29-30,35-36,41-50H2,1-3H3,(H2,61,66)(H2,62,67)(H,64,65,68)/b9-7+,10-8+,15-13+,16-14+,21-19+,22-20+,27-25+,28-26+,33-31+,34-32+,39-37+,40-38+/t51?,52-,53?,54+/m1/s1. The van der Waals surface area contributed by atoms with E-state index in [9.17, 15) is 14.4 Å². The van der Waals surface area contributed by atoms with Crippen LogP contribution in [0.1, 0.15) is 160 Å². The van der Waals surface area contributed by atoms with E-state index in [4.69, 9.17) is 16.5 Å². The summed E-state index contributed by atoms with van der Waals surface area (Å²) in [5.41, 5.74) is 12.9. The molecule has 0 saturated heterocycles. The Morgan fingerprint density at radius 3 is 1.41 bits per heavy atom. The van der Waals surface area contributed by atoms with Crippen molar-refractivity contribution in [2.45, 2.75) is 168 Å². The minimum atomic E-state index is -0.683. The minimum absolute atomic E-state index is 0.235. The third-order valence-electron chi connectivity index (χ3n) is 11.8. The zero-order valence-electron chi connectivity index (χ0n) is 42.7. The first-order valence-corrected chi connectivity index (χ1v) is 27.0. The summed E-state index contributed by atoms with van der Waals surface area (Å²) in [7, 11) is 0. The highest BCUT2D eigenvalue weighted by Gasteiger charge is 2.32. The van der Waals surface area contributed by atoms with E-state index >= 15 is 0 Å². The number of nitrogens with one attached hydrogen (secondary N) is 2. The molecule has 0 spiro atoms. The number of carbonyl (C=O) groups is 3. The van der Waals surface area contributed by atoms with E-state index in [-0.39, 0.29) is 17.7 Å². The Bertz CT molecular complexity index is 1920. The molecule has 1 aliphatic rings. The van der Waals surface area contributed by atoms with Gasteiger partial charge in [-0.3, -0.25) is 14.4 Å². The number of anilines is 1. The third kappa shape index (κ3) is 30.9. The molecule has 3 amide bonds. The number of primary amides is 2. The van der Waals surface area contributed by atoms with Gasteiger partial charge in [0.25, 0.3) is 0 Å². The Morgan fingerprint density at radius 1 is 0.565 bits per heavy atom. The fourth-order valence-corrected chi connectivity index (χ4v) is 8.91. The molecule has 9 heteroatoms. The SMILES string of the molecule is CC/C=C/C/C=C/C/C=C/C/C=C/C/C=C/C/C=C/CC(CCCC[C@H](C(=O)Nc1nc2c(s1)C[C@H](NCCC)CC2)C(C/C=C/C/C=C/C/C=C/C/C=C/C/C=C/C/C=C/CC)C(N)=O)C(N)=O. The number of carbonyl (C=O) groups excluding carboxylic acids is 3. The normalized spacial score (nSPS) is 16.4. The lowest BCUT2D eigenvalue weighted by molar-refractivity contribution is -0.130. The maximum absolute atomic E-state index is 14.1. The van der Waals surface area contributed by atoms with Crippen LogP contribution in [-0.2, 0) is 27.2 Å². The lowest BCUT2D eigenvalue weighted by atomic mass is 9.83. The van der Waals surface area contributed by atoms with Crippen molar-refractivity contribution >= 4 is 34.2 Å². The molecule has 0 aromatic carbocycles. The van der Waals surface area contributed by atoms with Crippen molar-refractivity contribution in [3.63, 3.8) is 0 Å². The van der Waals surface area contributed by atoms with Gasteiger partial charge >= 0.3 is 0 Å². The number of rotatable bonds is 39. The van der Waals surface area contributed by atoms with Gasteiger partial charge in [-0.2, -0.15) is 0 Å². The van der Waals surface area contributed by atoms with E-state index < -0.39 is 17.7 Å². The van der Waals surface area contributed by atoms with E-state index in [1.807, 2.05) is 18.2 Å². The molecule has 0 bridgehead atoms. The maximum atomic E-state index is 14.1. The van der Waals surface area contributed by atoms with Gasteiger partial charge in [0.2, 0.25) is 17.7 Å². The molecule has 0 aliphatic heterocycles. The zero-order valence-corrected chi connectivity index (χ0v) is 43.5. The smallest absolute Gasteiger partial charge is 0.230 e. The molecule has 1 aromatic rings. The fourth-order valence-electron chi connectivity index (χ4n) is 7.82. The molecule has 69 heavy (non-hydrogen) atoms. The second kappa shape index (κ2) is 41.8. The average molecular weight is 960 g/mol. The summed E-state index contributed by atoms with van der Waals surface area (Å²) in [5, 5.41) is 7.29. The molecule has 8 nitrogen and oxygen atoms in total. The van der Waals surface area contributed by atoms with Crippen molar-refractivity contribution in [3.8, 4) is 0 Å². The van der Waals surface area contributed by atoms with E-state index in [1.54, 1.807) is 0 Å². The molecule has 0 radical (unpaired) electrons. The maximum Gasteiger partial charge on any atom is 0.230 e. The van der Waals surface area contributed by atoms with Gasteiger partial charge in [0.15, 0.2) is 5.13 Å². The van der Waals surface area contributed by atoms with E-state index in [0.29, 0.717) is 49.7 Å². The number of hydrogen-bond donors (Lipinski definition) is 4. The first kappa shape index (κ1) is 60.0. The predicted octanol–water partition coefficient (Wildman–Crippen LogP) is 14.5. The summed E-state index contributed by atoms with van der Waals surface area (Å²) >= 11 is 1.53. The molecule has 0 fully saturated rings. The third-order valence-corrected chi connectivity index (χ3v) is 12.8. The second-order valence-corrected chi connectivity index (χ2v) is 18.7. The molecule has 1 heterocycles. The monoisotopic (exact) mass is 960 g/mol. The van der Waals surface area contributed by atoms with Crippen molar-refractivity contribution in [1.29, 1.82) is 0 Å². The van der Waals surface area contributed by atoms with Crippen LogP contribution in [0.4, 0.5) is 5.13 Å². The molecule has 6 N–H and O–H groups in total. The summed E-state index contributed by atoms with van der Waals surface area (Å²) in [6.45, 7) is 7.45. The van der Waals surface area contributed by atoms with Gasteiger partial charge in [0.1, 0.15) is 0 Å². The Kier molecular flexibility index (Phi) is 36.4. The van der Waals surface area contributed by atoms with Crippen LogP contribution in [-0.4, -0.2) is 35.3 Å². The number of thiazole rings is 1. The molecular weight excluding hydrogens is 871 g/mol. The molecule has 1 aromatic heterocycles. The van der Waals surface area contributed by atoms with Crippen LogP contribution in [0.3, 0.4) is 0 Å². The van der Waals surface area contributed by atoms with Crippen LogP contribution in [0.15, 0.2) is 146 Å². The van der Waals surface area contributed by atoms with Crippen LogP contribution in [0.5, 0.6) is 0 Å². The minimum Gasteiger partial charge on any atom is -0.369 e. The topological polar surface area (TPSA) is 140 Å². The van der Waals surface area contributed by atoms with Crippen molar-refractivity contribution in [2.75, 3.05) is 11.9 Å². The fraction of sp³-hybridized carbons (Fsp3) is 0.500. The van der Waals surface area contributed by atoms with Gasteiger partial charge < -0.3 is 22.1 Å². The molecule has 4 atom stereocenters. The number of hydrogen-bond acceptors (Lipinski definition) is 6. The van der Waals surface area contributed by atoms with E-state index in [2.05, 4.69) is 159 Å². The van der Waals surface area contributed by atoms with Crippen LogP contribution >= 0.6 is 11.3 Å². The number of nitrogens with zero attached hydrogens (tertiary/aromatic N) is 1. The Morgan fingerprint density at radius 2 is 0.986 bits per heavy atom. The highest BCUT2D eigenvalue weighted by atomic mass is 32.1. The van der Waals surface area contributed by atoms with Crippen molar-refractivity contribution in [3.05, 3.63) is 156 Å². The average Bonchev–Trinajstić information content (AvgIpc) is 3.74. The molecule has 0 saturated carbocycles. The summed E-state index contributed by atoms with van der Waals surface area (Å²) < 4.78 is 0. The predicted molar refractivity (Wildman–Crippen MR) is 298 cm³/mol. The van der Waals surface area contributed by atoms with Gasteiger partial charge in [-0.05, 0) is 135 Å². The quantitative estimate of drug-likeness (QED) is 0.0384. The Labute approximate surface area is 422 Å². The molecule has 378 valence electrons. The number of aromatic nitrogens is 1. The van der Waals surface area contributed by atoms with Gasteiger partial charge in [-0.15, -0.1) is 11.3 Å². The summed E-state index contributed by atoms with van der Waals surface area (Å²) in [4.78, 5) is 45.6. The van der Waals surface area contributed by atoms with E-state index in [0.717, 1.165) is 115 Å². The highest BCUT2D eigenvalue weighted by Crippen LogP contribution is 2.32. The van der Waals surface area contributed by atoms with Crippen molar-refractivity contribution in [1.82, 2.24) is 10.3 Å². The van der Waals surface area contributed by atoms with Crippen LogP contribution in [0, 0.1) is 17.8 Å².